The lowest BCUT2D eigenvalue weighted by molar-refractivity contribution is -0.139. The van der Waals surface area contributed by atoms with Crippen LogP contribution in [0.3, 0.4) is 0 Å². The first kappa shape index (κ1) is 41.3. The summed E-state index contributed by atoms with van der Waals surface area (Å²) in [7, 11) is 0. The Kier molecular flexibility index (Phi) is 11.7. The summed E-state index contributed by atoms with van der Waals surface area (Å²) < 4.78 is 85.5. The van der Waals surface area contributed by atoms with Gasteiger partial charge in [0.05, 0.1) is 11.1 Å². The minimum absolute atomic E-state index is 0.200. The first-order valence-corrected chi connectivity index (χ1v) is 20.0. The molecule has 0 bridgehead atoms. The lowest BCUT2D eigenvalue weighted by Gasteiger charge is -2.33. The third kappa shape index (κ3) is 8.77. The number of hydrogen-bond donors (Lipinski definition) is 0. The third-order valence-electron chi connectivity index (χ3n) is 10.6. The van der Waals surface area contributed by atoms with E-state index in [9.17, 15) is 35.9 Å². The van der Waals surface area contributed by atoms with Gasteiger partial charge in [-0.05, 0) is 131 Å². The Balaban J connectivity index is 0.000000177. The number of carbonyl (C=O) groups excluding carboxylic acids is 2. The number of fused-ring (bicyclic) bond motifs is 2. The highest BCUT2D eigenvalue weighted by Crippen LogP contribution is 2.41. The molecule has 0 N–H and O–H groups in total. The summed E-state index contributed by atoms with van der Waals surface area (Å²) in [5.74, 6) is -0.610. The van der Waals surface area contributed by atoms with Crippen LogP contribution in [0.25, 0.3) is 11.3 Å². The minimum atomic E-state index is -4.39. The van der Waals surface area contributed by atoms with Gasteiger partial charge >= 0.3 is 12.4 Å². The summed E-state index contributed by atoms with van der Waals surface area (Å²) >= 11 is 6.73. The zero-order valence-corrected chi connectivity index (χ0v) is 34.3. The molecule has 0 spiro atoms. The standard InChI is InChI=1S/2C20H18BrF3N4O/c1-12-2-4-16(20(22,23)24)15(10-12)13-6-8-27(9-7-13)19(29)18-26-25-17-5-3-14(21)11-28(17)18;1-12-2-4-15(16(10-12)20(22,23)24)13-6-8-27(9-7-13)19(29)18-26-25-17-5-3-14(21)11-28(17)18/h2*2-5,10-11,13H,6-9H2,1H3. The Morgan fingerprint density at radius 3 is 1.47 bits per heavy atom. The Labute approximate surface area is 345 Å². The van der Waals surface area contributed by atoms with Crippen LogP contribution < -0.4 is 0 Å². The van der Waals surface area contributed by atoms with E-state index in [1.807, 2.05) is 12.1 Å². The van der Waals surface area contributed by atoms with Crippen LogP contribution in [0.5, 0.6) is 0 Å². The summed E-state index contributed by atoms with van der Waals surface area (Å²) in [4.78, 5) is 29.1. The summed E-state index contributed by atoms with van der Waals surface area (Å²) in [6.07, 6.45) is -3.45. The lowest BCUT2D eigenvalue weighted by atomic mass is 9.85. The zero-order chi connectivity index (χ0) is 41.5. The van der Waals surface area contributed by atoms with Crippen LogP contribution in [0.4, 0.5) is 26.3 Å². The number of piperidine rings is 2. The molecule has 0 atom stereocenters. The van der Waals surface area contributed by atoms with Gasteiger partial charge in [-0.3, -0.25) is 18.4 Å². The van der Waals surface area contributed by atoms with Crippen LogP contribution in [0, 0.1) is 13.8 Å². The maximum absolute atomic E-state index is 13.5. The highest BCUT2D eigenvalue weighted by Gasteiger charge is 2.38. The van der Waals surface area contributed by atoms with E-state index in [2.05, 4.69) is 52.3 Å². The maximum atomic E-state index is 13.5. The van der Waals surface area contributed by atoms with Crippen molar-refractivity contribution in [1.29, 1.82) is 0 Å². The first-order valence-electron chi connectivity index (χ1n) is 18.4. The molecule has 2 fully saturated rings. The smallest absolute Gasteiger partial charge is 0.336 e. The second kappa shape index (κ2) is 16.4. The van der Waals surface area contributed by atoms with Crippen molar-refractivity contribution in [3.8, 4) is 0 Å². The lowest BCUT2D eigenvalue weighted by Crippen LogP contribution is -2.39. The van der Waals surface area contributed by atoms with Crippen LogP contribution in [-0.4, -0.2) is 77.0 Å². The molecule has 2 aliphatic heterocycles. The largest absolute Gasteiger partial charge is 0.416 e. The zero-order valence-electron chi connectivity index (χ0n) is 31.2. The molecule has 4 aromatic heterocycles. The topological polar surface area (TPSA) is 101 Å². The number of hydrogen-bond acceptors (Lipinski definition) is 6. The minimum Gasteiger partial charge on any atom is -0.336 e. The molecular formula is C40H36Br2F6N8O2. The SMILES string of the molecule is Cc1ccc(C(F)(F)F)c(C2CCN(C(=O)c3nnc4ccc(Br)cn34)CC2)c1.Cc1ccc(C2CCN(C(=O)c3nnc4ccc(Br)cn34)CC2)c(C(F)(F)F)c1. The number of alkyl halides is 6. The van der Waals surface area contributed by atoms with Crippen LogP contribution in [0.1, 0.15) is 92.1 Å². The highest BCUT2D eigenvalue weighted by molar-refractivity contribution is 9.10. The number of aromatic nitrogens is 6. The van der Waals surface area contributed by atoms with E-state index in [4.69, 9.17) is 0 Å². The van der Waals surface area contributed by atoms with Crippen LogP contribution >= 0.6 is 31.9 Å². The van der Waals surface area contributed by atoms with E-state index in [1.165, 1.54) is 12.1 Å². The first-order chi connectivity index (χ1) is 27.5. The number of pyridine rings is 2. The second-order valence-corrected chi connectivity index (χ2v) is 16.3. The molecular weight excluding hydrogens is 898 g/mol. The van der Waals surface area contributed by atoms with Crippen molar-refractivity contribution >= 4 is 55.0 Å². The molecule has 2 aliphatic rings. The van der Waals surface area contributed by atoms with Crippen molar-refractivity contribution in [3.63, 3.8) is 0 Å². The number of carbonyl (C=O) groups is 2. The van der Waals surface area contributed by atoms with Gasteiger partial charge in [-0.15, -0.1) is 20.4 Å². The quantitative estimate of drug-likeness (QED) is 0.163. The van der Waals surface area contributed by atoms with Crippen molar-refractivity contribution in [2.45, 2.75) is 63.7 Å². The molecule has 0 radical (unpaired) electrons. The molecule has 18 heteroatoms. The molecule has 0 aliphatic carbocycles. The van der Waals surface area contributed by atoms with Gasteiger partial charge in [0, 0.05) is 47.5 Å². The number of benzene rings is 2. The number of likely N-dealkylation sites (tertiary alicyclic amines) is 2. The van der Waals surface area contributed by atoms with Gasteiger partial charge in [0.1, 0.15) is 0 Å². The van der Waals surface area contributed by atoms with Crippen LogP contribution in [0.15, 0.2) is 82.0 Å². The van der Waals surface area contributed by atoms with Gasteiger partial charge in [-0.1, -0.05) is 35.4 Å². The van der Waals surface area contributed by atoms with Crippen LogP contribution in [0.2, 0.25) is 0 Å². The van der Waals surface area contributed by atoms with Crippen LogP contribution in [-0.2, 0) is 12.4 Å². The molecule has 8 rings (SSSR count). The fourth-order valence-corrected chi connectivity index (χ4v) is 8.31. The van der Waals surface area contributed by atoms with E-state index in [0.29, 0.717) is 79.8 Å². The molecule has 2 saturated heterocycles. The van der Waals surface area contributed by atoms with Gasteiger partial charge < -0.3 is 9.80 Å². The maximum Gasteiger partial charge on any atom is 0.416 e. The number of aryl methyl sites for hydroxylation is 2. The highest BCUT2D eigenvalue weighted by atomic mass is 79.9. The van der Waals surface area contributed by atoms with Crippen molar-refractivity contribution in [2.75, 3.05) is 26.2 Å². The predicted molar refractivity (Wildman–Crippen MR) is 209 cm³/mol. The third-order valence-corrected chi connectivity index (χ3v) is 11.5. The number of amides is 2. The molecule has 10 nitrogen and oxygen atoms in total. The van der Waals surface area contributed by atoms with Crippen molar-refractivity contribution < 1.29 is 35.9 Å². The molecule has 0 saturated carbocycles. The number of rotatable bonds is 4. The van der Waals surface area contributed by atoms with Crippen molar-refractivity contribution in [1.82, 2.24) is 39.0 Å². The van der Waals surface area contributed by atoms with E-state index in [0.717, 1.165) is 20.6 Å². The average molecular weight is 935 g/mol. The van der Waals surface area contributed by atoms with Crippen molar-refractivity contribution in [3.05, 3.63) is 127 Å². The Morgan fingerprint density at radius 1 is 0.569 bits per heavy atom. The molecule has 6 heterocycles. The van der Waals surface area contributed by atoms with Gasteiger partial charge in [0.25, 0.3) is 11.8 Å². The molecule has 6 aromatic rings. The van der Waals surface area contributed by atoms with E-state index >= 15 is 0 Å². The average Bonchev–Trinajstić information content (AvgIpc) is 3.81. The monoisotopic (exact) mass is 932 g/mol. The molecule has 2 amide bonds. The summed E-state index contributed by atoms with van der Waals surface area (Å²) in [6.45, 7) is 4.93. The second-order valence-electron chi connectivity index (χ2n) is 14.5. The van der Waals surface area contributed by atoms with E-state index < -0.39 is 23.5 Å². The molecule has 58 heavy (non-hydrogen) atoms. The van der Waals surface area contributed by atoms with Gasteiger partial charge in [0.2, 0.25) is 11.6 Å². The van der Waals surface area contributed by atoms with E-state index in [1.54, 1.807) is 75.2 Å². The molecule has 0 unspecified atom stereocenters. The predicted octanol–water partition coefficient (Wildman–Crippen LogP) is 9.68. The normalized spacial score (nSPS) is 15.8. The summed E-state index contributed by atoms with van der Waals surface area (Å²) in [6, 6.07) is 15.9. The fourth-order valence-electron chi connectivity index (χ4n) is 7.64. The number of nitrogens with zero attached hydrogens (tertiary/aromatic N) is 8. The Morgan fingerprint density at radius 2 is 1.00 bits per heavy atom. The molecule has 304 valence electrons. The Hall–Kier alpha value is -4.84. The van der Waals surface area contributed by atoms with Gasteiger partial charge in [-0.25, -0.2) is 0 Å². The van der Waals surface area contributed by atoms with Crippen molar-refractivity contribution in [2.24, 2.45) is 0 Å². The number of halogens is 8. The van der Waals surface area contributed by atoms with Gasteiger partial charge in [0.15, 0.2) is 11.3 Å². The molecule has 2 aromatic carbocycles. The Bertz CT molecular complexity index is 2490. The summed E-state index contributed by atoms with van der Waals surface area (Å²) in [5.41, 5.74) is 1.97. The van der Waals surface area contributed by atoms with Gasteiger partial charge in [-0.2, -0.15) is 26.3 Å². The summed E-state index contributed by atoms with van der Waals surface area (Å²) in [5, 5.41) is 16.0. The fraction of sp³-hybridized carbons (Fsp3) is 0.350. The van der Waals surface area contributed by atoms with E-state index in [-0.39, 0.29) is 35.3 Å².